The van der Waals surface area contributed by atoms with Crippen LogP contribution in [0.4, 0.5) is 8.78 Å². The normalized spacial score (nSPS) is 16.1. The maximum absolute atomic E-state index is 12.3. The van der Waals surface area contributed by atoms with Crippen LogP contribution >= 0.6 is 45.6 Å². The number of hydrogen-bond donors (Lipinski definition) is 2. The lowest BCUT2D eigenvalue weighted by Crippen LogP contribution is -2.15. The van der Waals surface area contributed by atoms with E-state index < -0.39 is 17.3 Å². The van der Waals surface area contributed by atoms with Gasteiger partial charge in [0.2, 0.25) is 0 Å². The van der Waals surface area contributed by atoms with Crippen molar-refractivity contribution in [1.29, 1.82) is 0 Å². The van der Waals surface area contributed by atoms with E-state index >= 15 is 0 Å². The molecule has 1 unspecified atom stereocenters. The second-order valence-corrected chi connectivity index (χ2v) is 11.0. The molecule has 0 bridgehead atoms. The second-order valence-electron chi connectivity index (χ2n) is 6.08. The van der Waals surface area contributed by atoms with Gasteiger partial charge in [-0.3, -0.25) is 9.52 Å². The molecule has 2 N–H and O–H groups in total. The third kappa shape index (κ3) is 5.93. The summed E-state index contributed by atoms with van der Waals surface area (Å²) in [6.45, 7) is 0.651. The van der Waals surface area contributed by atoms with Gasteiger partial charge in [-0.15, -0.1) is 11.3 Å². The second kappa shape index (κ2) is 10.2. The maximum atomic E-state index is 12.3. The third-order valence-electron chi connectivity index (χ3n) is 4.00. The maximum Gasteiger partial charge on any atom is 0.387 e. The molecule has 29 heavy (non-hydrogen) atoms. The molecule has 0 aliphatic carbocycles. The average molecular weight is 481 g/mol. The lowest BCUT2D eigenvalue weighted by molar-refractivity contribution is -0.0498. The van der Waals surface area contributed by atoms with Crippen molar-refractivity contribution in [3.05, 3.63) is 40.9 Å². The molecule has 2 heterocycles. The first-order valence-electron chi connectivity index (χ1n) is 8.68. The molecule has 1 fully saturated rings. The Hall–Kier alpha value is -1.17. The fourth-order valence-electron chi connectivity index (χ4n) is 2.77. The minimum Gasteiger partial charge on any atom is -0.435 e. The number of nitrogens with zero attached hydrogens (tertiary/aromatic N) is 1. The Kier molecular flexibility index (Phi) is 7.94. The number of thiophene rings is 1. The highest BCUT2D eigenvalue weighted by Crippen LogP contribution is 2.45. The molecular formula is C18H19ClF2N2O3S3. The van der Waals surface area contributed by atoms with Crippen LogP contribution < -0.4 is 9.46 Å². The number of hydrogen-bond acceptors (Lipinski definition) is 5. The van der Waals surface area contributed by atoms with E-state index in [4.69, 9.17) is 11.6 Å². The molecular weight excluding hydrogens is 462 g/mol. The lowest BCUT2D eigenvalue weighted by Gasteiger charge is -2.20. The first-order valence-corrected chi connectivity index (χ1v) is 11.9. The molecule has 0 spiro atoms. The Morgan fingerprint density at radius 3 is 2.59 bits per heavy atom. The Labute approximate surface area is 183 Å². The van der Waals surface area contributed by atoms with E-state index in [-0.39, 0.29) is 11.7 Å². The van der Waals surface area contributed by atoms with Crippen LogP contribution in [0.2, 0.25) is 5.02 Å². The Balaban J connectivity index is 1.66. The topological polar surface area (TPSA) is 61.8 Å². The van der Waals surface area contributed by atoms with Crippen molar-refractivity contribution in [1.82, 2.24) is 9.03 Å². The molecule has 5 nitrogen and oxygen atoms in total. The van der Waals surface area contributed by atoms with E-state index in [1.54, 1.807) is 6.92 Å². The van der Waals surface area contributed by atoms with Crippen LogP contribution in [0.5, 0.6) is 5.75 Å². The Bertz CT molecular complexity index is 896. The number of carbonyl (C=O) groups excluding carboxylic acids is 1. The monoisotopic (exact) mass is 480 g/mol. The van der Waals surface area contributed by atoms with Crippen molar-refractivity contribution in [3.8, 4) is 5.75 Å². The number of benzene rings is 1. The number of halogens is 3. The number of aliphatic hydroxyl groups excluding tert-OH is 1. The number of carbonyl (C=O) groups is 1. The molecule has 1 aromatic heterocycles. The molecule has 0 radical (unpaired) electrons. The number of ether oxygens (including phenoxy) is 1. The van der Waals surface area contributed by atoms with Gasteiger partial charge in [-0.1, -0.05) is 11.6 Å². The Morgan fingerprint density at radius 2 is 2.00 bits per heavy atom. The predicted molar refractivity (Wildman–Crippen MR) is 116 cm³/mol. The van der Waals surface area contributed by atoms with Crippen LogP contribution in [0.15, 0.2) is 38.8 Å². The van der Waals surface area contributed by atoms with Gasteiger partial charge in [0.25, 0.3) is 5.91 Å². The van der Waals surface area contributed by atoms with Gasteiger partial charge >= 0.3 is 6.61 Å². The summed E-state index contributed by atoms with van der Waals surface area (Å²) in [5.74, 6) is -0.396. The average Bonchev–Trinajstić information content (AvgIpc) is 3.30. The van der Waals surface area contributed by atoms with Crippen molar-refractivity contribution in [2.75, 3.05) is 13.1 Å². The smallest absolute Gasteiger partial charge is 0.387 e. The fourth-order valence-corrected chi connectivity index (χ4v) is 7.95. The number of rotatable bonds is 7. The van der Waals surface area contributed by atoms with Gasteiger partial charge in [-0.2, -0.15) is 8.78 Å². The minimum atomic E-state index is -2.91. The summed E-state index contributed by atoms with van der Waals surface area (Å²) in [6.07, 6.45) is 2.21. The zero-order valence-corrected chi connectivity index (χ0v) is 18.6. The molecule has 1 aromatic carbocycles. The first-order chi connectivity index (χ1) is 13.8. The van der Waals surface area contributed by atoms with Gasteiger partial charge in [0.15, 0.2) is 0 Å². The third-order valence-corrected chi connectivity index (χ3v) is 9.11. The molecule has 2 aromatic rings. The highest BCUT2D eigenvalue weighted by Gasteiger charge is 2.22. The highest BCUT2D eigenvalue weighted by atomic mass is 35.5. The van der Waals surface area contributed by atoms with Gasteiger partial charge in [0.05, 0.1) is 14.3 Å². The van der Waals surface area contributed by atoms with E-state index in [9.17, 15) is 18.7 Å². The number of alkyl halides is 2. The van der Waals surface area contributed by atoms with Crippen molar-refractivity contribution in [3.63, 3.8) is 0 Å². The SMILES string of the molecule is C/C(O)=S(\c1cc(Cl)c(SNC(=O)c2ccc(OC(F)F)cc2)s1)N1CCCC1. The van der Waals surface area contributed by atoms with E-state index in [0.29, 0.717) is 19.8 Å². The summed E-state index contributed by atoms with van der Waals surface area (Å²) < 4.78 is 35.3. The van der Waals surface area contributed by atoms with Gasteiger partial charge in [0.1, 0.15) is 9.96 Å². The largest absolute Gasteiger partial charge is 0.435 e. The van der Waals surface area contributed by atoms with Gasteiger partial charge in [-0.25, -0.2) is 4.31 Å². The van der Waals surface area contributed by atoms with Crippen LogP contribution in [0.3, 0.4) is 0 Å². The standard InChI is InChI=1S/C18H19ClF2N2O3S3/c1-11(24)29(23-8-2-3-9-23)15-10-14(19)17(27-15)28-22-16(25)12-4-6-13(7-5-12)26-18(20)21/h4-7,10,18,24H,2-3,8-9H2,1H3,(H,22,25). The number of aliphatic hydroxyl groups is 1. The fraction of sp³-hybridized carbons (Fsp3) is 0.333. The van der Waals surface area contributed by atoms with Crippen LogP contribution in [0, 0.1) is 0 Å². The van der Waals surface area contributed by atoms with Crippen LogP contribution in [-0.2, 0) is 0 Å². The summed E-state index contributed by atoms with van der Waals surface area (Å²) in [7, 11) is -0.524. The molecule has 1 atom stereocenters. The quantitative estimate of drug-likeness (QED) is 0.388. The predicted octanol–water partition coefficient (Wildman–Crippen LogP) is 5.79. The van der Waals surface area contributed by atoms with Crippen LogP contribution in [0.25, 0.3) is 0 Å². The molecule has 158 valence electrons. The molecule has 1 aliphatic heterocycles. The molecule has 11 heteroatoms. The zero-order valence-electron chi connectivity index (χ0n) is 15.4. The summed E-state index contributed by atoms with van der Waals surface area (Å²) >= 11 is 8.87. The number of amides is 1. The van der Waals surface area contributed by atoms with Crippen molar-refractivity contribution >= 4 is 56.5 Å². The summed E-state index contributed by atoms with van der Waals surface area (Å²) in [4.78, 5) is 12.3. The van der Waals surface area contributed by atoms with E-state index in [1.807, 2.05) is 6.07 Å². The molecule has 1 saturated heterocycles. The Morgan fingerprint density at radius 1 is 1.34 bits per heavy atom. The van der Waals surface area contributed by atoms with Gasteiger partial charge in [-0.05, 0) is 60.8 Å². The summed E-state index contributed by atoms with van der Waals surface area (Å²) in [6, 6.07) is 7.26. The van der Waals surface area contributed by atoms with Crippen molar-refractivity contribution < 1.29 is 23.4 Å². The molecule has 0 saturated carbocycles. The molecule has 3 rings (SSSR count). The van der Waals surface area contributed by atoms with Crippen molar-refractivity contribution in [2.24, 2.45) is 0 Å². The summed E-state index contributed by atoms with van der Waals surface area (Å²) in [5, 5.41) is 11.0. The lowest BCUT2D eigenvalue weighted by atomic mass is 10.2. The molecule has 1 amide bonds. The van der Waals surface area contributed by atoms with Crippen LogP contribution in [-0.4, -0.2) is 40.1 Å². The highest BCUT2D eigenvalue weighted by molar-refractivity contribution is 8.15. The minimum absolute atomic E-state index is 0.0142. The van der Waals surface area contributed by atoms with E-state index in [1.165, 1.54) is 35.6 Å². The number of nitrogens with one attached hydrogen (secondary N) is 1. The van der Waals surface area contributed by atoms with Crippen LogP contribution in [0.1, 0.15) is 30.1 Å². The van der Waals surface area contributed by atoms with E-state index in [2.05, 4.69) is 13.8 Å². The van der Waals surface area contributed by atoms with Gasteiger partial charge < -0.3 is 9.84 Å². The first kappa shape index (κ1) is 22.5. The van der Waals surface area contributed by atoms with Gasteiger partial charge in [0, 0.05) is 30.6 Å². The van der Waals surface area contributed by atoms with E-state index in [0.717, 1.165) is 42.1 Å². The molecule has 1 aliphatic rings. The van der Waals surface area contributed by atoms with Crippen molar-refractivity contribution in [2.45, 2.75) is 34.8 Å². The summed E-state index contributed by atoms with van der Waals surface area (Å²) in [5.41, 5.74) is 0.309. The zero-order chi connectivity index (χ0) is 21.0.